The number of rotatable bonds is 3. The minimum Gasteiger partial charge on any atom is -0.486 e. The number of hydrogen-bond acceptors (Lipinski definition) is 5. The molecule has 144 valence electrons. The van der Waals surface area contributed by atoms with Crippen LogP contribution in [0.3, 0.4) is 0 Å². The second kappa shape index (κ2) is 6.92. The van der Waals surface area contributed by atoms with E-state index in [0.29, 0.717) is 48.1 Å². The van der Waals surface area contributed by atoms with Gasteiger partial charge in [0, 0.05) is 0 Å². The smallest absolute Gasteiger partial charge is 0.344 e. The third-order valence-electron chi connectivity index (χ3n) is 5.13. The van der Waals surface area contributed by atoms with Crippen molar-refractivity contribution in [2.45, 2.75) is 44.1 Å². The van der Waals surface area contributed by atoms with Gasteiger partial charge in [0.05, 0.1) is 11.4 Å². The highest BCUT2D eigenvalue weighted by Gasteiger charge is 2.52. The monoisotopic (exact) mass is 393 g/mol. The number of imide groups is 1. The van der Waals surface area contributed by atoms with Crippen molar-refractivity contribution in [1.82, 2.24) is 15.8 Å². The molecule has 2 N–H and O–H groups in total. The maximum Gasteiger partial charge on any atom is 0.344 e. The molecule has 27 heavy (non-hydrogen) atoms. The second-order valence-corrected chi connectivity index (χ2v) is 7.43. The van der Waals surface area contributed by atoms with Gasteiger partial charge in [-0.2, -0.15) is 5.01 Å². The van der Waals surface area contributed by atoms with E-state index in [0.717, 1.165) is 24.3 Å². The van der Waals surface area contributed by atoms with Crippen LogP contribution in [0.15, 0.2) is 12.1 Å². The first-order valence-electron chi connectivity index (χ1n) is 9.03. The first-order chi connectivity index (χ1) is 13.0. The number of benzene rings is 1. The molecule has 0 bridgehead atoms. The van der Waals surface area contributed by atoms with Gasteiger partial charge < -0.3 is 14.8 Å². The van der Waals surface area contributed by atoms with Crippen LogP contribution in [-0.2, 0) is 16.0 Å². The lowest BCUT2D eigenvalue weighted by atomic mass is 9.82. The summed E-state index contributed by atoms with van der Waals surface area (Å²) in [7, 11) is 0. The number of fused-ring (bicyclic) bond motifs is 1. The van der Waals surface area contributed by atoms with E-state index in [1.807, 2.05) is 0 Å². The Kier molecular flexibility index (Phi) is 4.59. The fraction of sp³-hybridized carbons (Fsp3) is 0.500. The van der Waals surface area contributed by atoms with Gasteiger partial charge in [-0.1, -0.05) is 30.9 Å². The van der Waals surface area contributed by atoms with Gasteiger partial charge >= 0.3 is 6.03 Å². The summed E-state index contributed by atoms with van der Waals surface area (Å²) in [6.07, 6.45) is 3.94. The molecule has 0 unspecified atom stereocenters. The molecular formula is C18H20ClN3O5. The summed E-state index contributed by atoms with van der Waals surface area (Å²) in [5, 5.41) is 3.91. The van der Waals surface area contributed by atoms with Crippen LogP contribution in [0.2, 0.25) is 5.02 Å². The number of hydrogen-bond donors (Lipinski definition) is 2. The predicted octanol–water partition coefficient (Wildman–Crippen LogP) is 1.94. The van der Waals surface area contributed by atoms with Gasteiger partial charge in [0.1, 0.15) is 18.8 Å². The van der Waals surface area contributed by atoms with Gasteiger partial charge in [0.25, 0.3) is 5.91 Å². The van der Waals surface area contributed by atoms with Gasteiger partial charge in [-0.3, -0.25) is 15.0 Å². The van der Waals surface area contributed by atoms with Gasteiger partial charge in [-0.15, -0.1) is 0 Å². The topological polar surface area (TPSA) is 97.0 Å². The van der Waals surface area contributed by atoms with Crippen LogP contribution in [-0.4, -0.2) is 41.6 Å². The summed E-state index contributed by atoms with van der Waals surface area (Å²) in [5.41, 5.74) is 2.14. The maximum atomic E-state index is 12.7. The van der Waals surface area contributed by atoms with E-state index in [9.17, 15) is 14.4 Å². The van der Waals surface area contributed by atoms with E-state index in [2.05, 4.69) is 10.7 Å². The Morgan fingerprint density at radius 1 is 1.19 bits per heavy atom. The third kappa shape index (κ3) is 3.29. The molecule has 4 rings (SSSR count). The Hall–Kier alpha value is -2.48. The van der Waals surface area contributed by atoms with Crippen LogP contribution in [0.1, 0.15) is 37.7 Å². The summed E-state index contributed by atoms with van der Waals surface area (Å²) in [4.78, 5) is 37.3. The van der Waals surface area contributed by atoms with E-state index in [4.69, 9.17) is 21.1 Å². The lowest BCUT2D eigenvalue weighted by Gasteiger charge is -2.30. The van der Waals surface area contributed by atoms with Gasteiger partial charge in [0.2, 0.25) is 5.91 Å². The zero-order valence-corrected chi connectivity index (χ0v) is 15.4. The van der Waals surface area contributed by atoms with Crippen molar-refractivity contribution in [3.05, 3.63) is 22.7 Å². The average molecular weight is 394 g/mol. The van der Waals surface area contributed by atoms with Crippen molar-refractivity contribution in [3.8, 4) is 11.5 Å². The minimum absolute atomic E-state index is 0.0551. The number of nitrogens with zero attached hydrogens (tertiary/aromatic N) is 1. The molecule has 4 amide bonds. The third-order valence-corrected chi connectivity index (χ3v) is 5.41. The number of hydrazine groups is 1. The van der Waals surface area contributed by atoms with Crippen LogP contribution in [0.25, 0.3) is 0 Å². The number of ether oxygens (including phenoxy) is 2. The number of urea groups is 1. The molecule has 0 aromatic heterocycles. The summed E-state index contributed by atoms with van der Waals surface area (Å²) < 4.78 is 10.9. The van der Waals surface area contributed by atoms with Gasteiger partial charge in [0.15, 0.2) is 11.5 Å². The number of amides is 4. The Balaban J connectivity index is 1.44. The van der Waals surface area contributed by atoms with Crippen LogP contribution in [0, 0.1) is 0 Å². The quantitative estimate of drug-likeness (QED) is 0.765. The molecule has 1 saturated carbocycles. The Morgan fingerprint density at radius 3 is 2.70 bits per heavy atom. The van der Waals surface area contributed by atoms with Crippen LogP contribution < -0.4 is 20.2 Å². The highest BCUT2D eigenvalue weighted by Crippen LogP contribution is 2.38. The number of nitrogens with one attached hydrogen (secondary N) is 2. The molecule has 1 spiro atoms. The Bertz CT molecular complexity index is 806. The van der Waals surface area contributed by atoms with Gasteiger partial charge in [-0.25, -0.2) is 4.79 Å². The largest absolute Gasteiger partial charge is 0.486 e. The van der Waals surface area contributed by atoms with Crippen molar-refractivity contribution < 1.29 is 23.9 Å². The fourth-order valence-corrected chi connectivity index (χ4v) is 4.12. The number of halogens is 1. The molecule has 9 heteroatoms. The molecule has 1 aliphatic carbocycles. The normalized spacial score (nSPS) is 20.6. The highest BCUT2D eigenvalue weighted by molar-refractivity contribution is 6.32. The molecule has 1 saturated heterocycles. The van der Waals surface area contributed by atoms with Crippen LogP contribution in [0.4, 0.5) is 4.79 Å². The second-order valence-electron chi connectivity index (χ2n) is 7.03. The Morgan fingerprint density at radius 2 is 1.93 bits per heavy atom. The van der Waals surface area contributed by atoms with Crippen molar-refractivity contribution >= 4 is 29.4 Å². The summed E-state index contributed by atoms with van der Waals surface area (Å²) >= 11 is 6.18. The van der Waals surface area contributed by atoms with Crippen molar-refractivity contribution in [2.24, 2.45) is 0 Å². The summed E-state index contributed by atoms with van der Waals surface area (Å²) in [6, 6.07) is 2.70. The van der Waals surface area contributed by atoms with Crippen molar-refractivity contribution in [3.63, 3.8) is 0 Å². The van der Waals surface area contributed by atoms with Crippen molar-refractivity contribution in [1.29, 1.82) is 0 Å². The molecule has 0 atom stereocenters. The minimum atomic E-state index is -0.872. The van der Waals surface area contributed by atoms with E-state index in [1.54, 1.807) is 12.1 Å². The first-order valence-corrected chi connectivity index (χ1v) is 9.40. The molecule has 0 radical (unpaired) electrons. The molecule has 1 aromatic carbocycles. The number of carbonyl (C=O) groups excluding carboxylic acids is 3. The van der Waals surface area contributed by atoms with Gasteiger partial charge in [-0.05, 0) is 30.5 Å². The average Bonchev–Trinajstić information content (AvgIpc) is 2.86. The van der Waals surface area contributed by atoms with Crippen LogP contribution in [0.5, 0.6) is 11.5 Å². The van der Waals surface area contributed by atoms with E-state index in [-0.39, 0.29) is 12.3 Å². The SMILES string of the molecule is O=C(Cc1cc(Cl)c2c(c1)OCCO2)NN1C(=O)NC2(CCCCC2)C1=O. The lowest BCUT2D eigenvalue weighted by molar-refractivity contribution is -0.139. The first kappa shape index (κ1) is 17.9. The van der Waals surface area contributed by atoms with E-state index < -0.39 is 17.5 Å². The lowest BCUT2D eigenvalue weighted by Crippen LogP contribution is -2.51. The zero-order valence-electron chi connectivity index (χ0n) is 14.7. The van der Waals surface area contributed by atoms with E-state index in [1.165, 1.54) is 0 Å². The fourth-order valence-electron chi connectivity index (χ4n) is 3.83. The molecule has 8 nitrogen and oxygen atoms in total. The highest BCUT2D eigenvalue weighted by atomic mass is 35.5. The molecule has 2 fully saturated rings. The summed E-state index contributed by atoms with van der Waals surface area (Å²) in [6.45, 7) is 0.823. The predicted molar refractivity (Wildman–Crippen MR) is 95.5 cm³/mol. The maximum absolute atomic E-state index is 12.7. The number of carbonyl (C=O) groups is 3. The summed E-state index contributed by atoms with van der Waals surface area (Å²) in [5.74, 6) is 0.0629. The zero-order chi connectivity index (χ0) is 19.0. The van der Waals surface area contributed by atoms with E-state index >= 15 is 0 Å². The molecule has 3 aliphatic rings. The molecular weight excluding hydrogens is 374 g/mol. The molecule has 2 aliphatic heterocycles. The van der Waals surface area contributed by atoms with Crippen LogP contribution >= 0.6 is 11.6 Å². The molecule has 2 heterocycles. The van der Waals surface area contributed by atoms with Crippen molar-refractivity contribution in [2.75, 3.05) is 13.2 Å². The standard InChI is InChI=1S/C18H20ClN3O5/c19-12-8-11(9-13-15(12)27-7-6-26-13)10-14(23)21-22-16(24)18(20-17(22)25)4-2-1-3-5-18/h8-9H,1-7,10H2,(H,20,25)(H,21,23). The molecule has 1 aromatic rings. The Labute approximate surface area is 161 Å².